The number of amides is 1. The average Bonchev–Trinajstić information content (AvgIpc) is 2.80. The zero-order chi connectivity index (χ0) is 20.1. The minimum atomic E-state index is -0.230. The molecule has 1 aromatic carbocycles. The van der Waals surface area contributed by atoms with E-state index in [0.717, 1.165) is 43.5 Å². The maximum absolute atomic E-state index is 12.5. The van der Waals surface area contributed by atoms with Crippen molar-refractivity contribution >= 4 is 17.7 Å². The van der Waals surface area contributed by atoms with Crippen molar-refractivity contribution in [2.75, 3.05) is 36.0 Å². The first-order chi connectivity index (χ1) is 14.2. The molecule has 1 fully saturated rings. The van der Waals surface area contributed by atoms with Crippen LogP contribution in [-0.2, 0) is 0 Å². The SMILES string of the molecule is CC(NC(=O)c1ccc(N2CCN(c3ncccn3)CC2)nn1)c1ccccc1. The van der Waals surface area contributed by atoms with Gasteiger partial charge in [0.1, 0.15) is 0 Å². The highest BCUT2D eigenvalue weighted by Gasteiger charge is 2.20. The molecule has 0 aliphatic carbocycles. The third-order valence-electron chi connectivity index (χ3n) is 4.97. The van der Waals surface area contributed by atoms with Crippen molar-refractivity contribution in [3.05, 3.63) is 72.2 Å². The Morgan fingerprint density at radius 1 is 0.897 bits per heavy atom. The summed E-state index contributed by atoms with van der Waals surface area (Å²) in [5, 5.41) is 11.4. The van der Waals surface area contributed by atoms with Gasteiger partial charge in [-0.05, 0) is 30.7 Å². The van der Waals surface area contributed by atoms with Gasteiger partial charge in [-0.15, -0.1) is 10.2 Å². The van der Waals surface area contributed by atoms with E-state index in [-0.39, 0.29) is 11.9 Å². The van der Waals surface area contributed by atoms with Crippen molar-refractivity contribution in [1.29, 1.82) is 0 Å². The monoisotopic (exact) mass is 389 g/mol. The zero-order valence-electron chi connectivity index (χ0n) is 16.3. The molecule has 1 saturated heterocycles. The fraction of sp³-hybridized carbons (Fsp3) is 0.286. The summed E-state index contributed by atoms with van der Waals surface area (Å²) in [6.07, 6.45) is 3.51. The first-order valence-corrected chi connectivity index (χ1v) is 9.67. The van der Waals surface area contributed by atoms with Crippen LogP contribution >= 0.6 is 0 Å². The van der Waals surface area contributed by atoms with Gasteiger partial charge in [-0.2, -0.15) is 0 Å². The number of anilines is 2. The number of piperazine rings is 1. The van der Waals surface area contributed by atoms with Crippen LogP contribution in [0.2, 0.25) is 0 Å². The number of nitrogens with one attached hydrogen (secondary N) is 1. The Labute approximate surface area is 169 Å². The Hall–Kier alpha value is -3.55. The largest absolute Gasteiger partial charge is 0.352 e. The van der Waals surface area contributed by atoms with Crippen LogP contribution in [0.3, 0.4) is 0 Å². The van der Waals surface area contributed by atoms with E-state index in [1.54, 1.807) is 18.5 Å². The molecule has 29 heavy (non-hydrogen) atoms. The van der Waals surface area contributed by atoms with Gasteiger partial charge in [0.15, 0.2) is 11.5 Å². The molecule has 3 heterocycles. The third kappa shape index (κ3) is 4.48. The molecule has 0 saturated carbocycles. The molecular weight excluding hydrogens is 366 g/mol. The van der Waals surface area contributed by atoms with Crippen LogP contribution in [0.25, 0.3) is 0 Å². The molecule has 1 aliphatic rings. The number of rotatable bonds is 5. The molecule has 8 nitrogen and oxygen atoms in total. The van der Waals surface area contributed by atoms with Crippen molar-refractivity contribution in [1.82, 2.24) is 25.5 Å². The van der Waals surface area contributed by atoms with Crippen molar-refractivity contribution in [2.24, 2.45) is 0 Å². The van der Waals surface area contributed by atoms with E-state index in [2.05, 4.69) is 35.3 Å². The highest BCUT2D eigenvalue weighted by atomic mass is 16.2. The Morgan fingerprint density at radius 3 is 2.24 bits per heavy atom. The Bertz CT molecular complexity index is 926. The molecule has 0 bridgehead atoms. The molecule has 3 aromatic rings. The van der Waals surface area contributed by atoms with Gasteiger partial charge in [0, 0.05) is 38.6 Å². The van der Waals surface area contributed by atoms with Crippen LogP contribution in [0.15, 0.2) is 60.9 Å². The Kier molecular flexibility index (Phi) is 5.60. The minimum Gasteiger partial charge on any atom is -0.352 e. The molecule has 148 valence electrons. The van der Waals surface area contributed by atoms with Crippen molar-refractivity contribution < 1.29 is 4.79 Å². The zero-order valence-corrected chi connectivity index (χ0v) is 16.3. The number of carbonyl (C=O) groups excluding carboxylic acids is 1. The lowest BCUT2D eigenvalue weighted by molar-refractivity contribution is 0.0934. The van der Waals surface area contributed by atoms with Gasteiger partial charge in [-0.25, -0.2) is 9.97 Å². The minimum absolute atomic E-state index is 0.0986. The highest BCUT2D eigenvalue weighted by Crippen LogP contribution is 2.16. The van der Waals surface area contributed by atoms with Crippen LogP contribution < -0.4 is 15.1 Å². The van der Waals surface area contributed by atoms with E-state index in [4.69, 9.17) is 0 Å². The van der Waals surface area contributed by atoms with E-state index in [1.165, 1.54) is 0 Å². The number of hydrogen-bond acceptors (Lipinski definition) is 7. The first kappa shape index (κ1) is 18.8. The molecule has 8 heteroatoms. The second-order valence-corrected chi connectivity index (χ2v) is 6.91. The fourth-order valence-electron chi connectivity index (χ4n) is 3.30. The van der Waals surface area contributed by atoms with E-state index >= 15 is 0 Å². The Morgan fingerprint density at radius 2 is 1.59 bits per heavy atom. The molecule has 4 rings (SSSR count). The van der Waals surface area contributed by atoms with Gasteiger partial charge in [0.2, 0.25) is 5.95 Å². The predicted molar refractivity (Wildman–Crippen MR) is 111 cm³/mol. The molecule has 1 N–H and O–H groups in total. The van der Waals surface area contributed by atoms with E-state index in [9.17, 15) is 4.79 Å². The van der Waals surface area contributed by atoms with Crippen molar-refractivity contribution in [3.8, 4) is 0 Å². The van der Waals surface area contributed by atoms with Crippen molar-refractivity contribution in [3.63, 3.8) is 0 Å². The fourth-order valence-corrected chi connectivity index (χ4v) is 3.30. The van der Waals surface area contributed by atoms with E-state index in [0.29, 0.717) is 5.69 Å². The smallest absolute Gasteiger partial charge is 0.272 e. The number of nitrogens with zero attached hydrogens (tertiary/aromatic N) is 6. The summed E-state index contributed by atoms with van der Waals surface area (Å²) in [6.45, 7) is 5.16. The normalized spacial score (nSPS) is 15.1. The number of carbonyl (C=O) groups is 1. The summed E-state index contributed by atoms with van der Waals surface area (Å²) in [4.78, 5) is 25.4. The summed E-state index contributed by atoms with van der Waals surface area (Å²) in [5.41, 5.74) is 1.36. The summed E-state index contributed by atoms with van der Waals surface area (Å²) >= 11 is 0. The molecule has 1 atom stereocenters. The maximum Gasteiger partial charge on any atom is 0.272 e. The second kappa shape index (κ2) is 8.64. The lowest BCUT2D eigenvalue weighted by atomic mass is 10.1. The van der Waals surface area contributed by atoms with Gasteiger partial charge >= 0.3 is 0 Å². The number of hydrogen-bond donors (Lipinski definition) is 1. The average molecular weight is 389 g/mol. The van der Waals surface area contributed by atoms with Crippen LogP contribution in [0.1, 0.15) is 29.0 Å². The molecule has 1 amide bonds. The summed E-state index contributed by atoms with van der Waals surface area (Å²) in [5.74, 6) is 1.29. The number of benzene rings is 1. The standard InChI is InChI=1S/C21H23N7O/c1-16(17-6-3-2-4-7-17)24-20(29)18-8-9-19(26-25-18)27-12-14-28(15-13-27)21-22-10-5-11-23-21/h2-11,16H,12-15H2,1H3,(H,24,29). The maximum atomic E-state index is 12.5. The molecule has 0 spiro atoms. The topological polar surface area (TPSA) is 87.1 Å². The molecular formula is C21H23N7O. The predicted octanol–water partition coefficient (Wildman–Crippen LogP) is 2.08. The van der Waals surface area contributed by atoms with E-state index in [1.807, 2.05) is 49.4 Å². The van der Waals surface area contributed by atoms with Gasteiger partial charge in [0.05, 0.1) is 6.04 Å². The lowest BCUT2D eigenvalue weighted by Gasteiger charge is -2.35. The van der Waals surface area contributed by atoms with Crippen LogP contribution in [-0.4, -0.2) is 52.3 Å². The Balaban J connectivity index is 1.34. The third-order valence-corrected chi connectivity index (χ3v) is 4.97. The summed E-state index contributed by atoms with van der Waals surface area (Å²) in [6, 6.07) is 15.1. The van der Waals surface area contributed by atoms with Gasteiger partial charge in [-0.1, -0.05) is 30.3 Å². The van der Waals surface area contributed by atoms with Gasteiger partial charge < -0.3 is 15.1 Å². The first-order valence-electron chi connectivity index (χ1n) is 9.67. The summed E-state index contributed by atoms with van der Waals surface area (Å²) in [7, 11) is 0. The second-order valence-electron chi connectivity index (χ2n) is 6.91. The van der Waals surface area contributed by atoms with Crippen LogP contribution in [0.4, 0.5) is 11.8 Å². The summed E-state index contributed by atoms with van der Waals surface area (Å²) < 4.78 is 0. The van der Waals surface area contributed by atoms with Crippen LogP contribution in [0, 0.1) is 0 Å². The van der Waals surface area contributed by atoms with E-state index < -0.39 is 0 Å². The lowest BCUT2D eigenvalue weighted by Crippen LogP contribution is -2.47. The van der Waals surface area contributed by atoms with Gasteiger partial charge in [-0.3, -0.25) is 4.79 Å². The molecule has 0 radical (unpaired) electrons. The molecule has 2 aromatic heterocycles. The van der Waals surface area contributed by atoms with Crippen molar-refractivity contribution in [2.45, 2.75) is 13.0 Å². The highest BCUT2D eigenvalue weighted by molar-refractivity contribution is 5.92. The molecule has 1 aliphatic heterocycles. The van der Waals surface area contributed by atoms with Crippen LogP contribution in [0.5, 0.6) is 0 Å². The van der Waals surface area contributed by atoms with Gasteiger partial charge in [0.25, 0.3) is 5.91 Å². The molecule has 1 unspecified atom stereocenters. The quantitative estimate of drug-likeness (QED) is 0.715. The number of aromatic nitrogens is 4.